The number of rotatable bonds is 2. The Morgan fingerprint density at radius 1 is 1.17 bits per heavy atom. The smallest absolute Gasteiger partial charge is 0.261 e. The standard InChI is InChI=1S/C17H12FN5O/c1-9-6-7-13-11(8-9)14-15(19-13)20-17(23-22-14)21-16(24)10-4-2-3-5-12(10)18/h2-8H,1H3,(H2,19,20,21,23,24). The van der Waals surface area contributed by atoms with Gasteiger partial charge in [-0.2, -0.15) is 4.98 Å². The Morgan fingerprint density at radius 2 is 2.00 bits per heavy atom. The number of halogens is 1. The molecule has 0 radical (unpaired) electrons. The first-order chi connectivity index (χ1) is 11.6. The predicted molar refractivity (Wildman–Crippen MR) is 88.3 cm³/mol. The van der Waals surface area contributed by atoms with Crippen molar-refractivity contribution in [1.29, 1.82) is 0 Å². The van der Waals surface area contributed by atoms with E-state index in [1.165, 1.54) is 18.2 Å². The molecular weight excluding hydrogens is 309 g/mol. The van der Waals surface area contributed by atoms with Crippen LogP contribution in [0.1, 0.15) is 15.9 Å². The Labute approximate surface area is 135 Å². The monoisotopic (exact) mass is 321 g/mol. The maximum atomic E-state index is 13.6. The lowest BCUT2D eigenvalue weighted by Gasteiger charge is -2.03. The van der Waals surface area contributed by atoms with E-state index in [4.69, 9.17) is 0 Å². The van der Waals surface area contributed by atoms with Gasteiger partial charge in [-0.3, -0.25) is 10.1 Å². The maximum absolute atomic E-state index is 13.6. The van der Waals surface area contributed by atoms with Crippen LogP contribution in [0.25, 0.3) is 22.1 Å². The molecule has 0 unspecified atom stereocenters. The Morgan fingerprint density at radius 3 is 2.83 bits per heavy atom. The van der Waals surface area contributed by atoms with Gasteiger partial charge in [-0.25, -0.2) is 4.39 Å². The van der Waals surface area contributed by atoms with Crippen LogP contribution in [-0.2, 0) is 0 Å². The van der Waals surface area contributed by atoms with Crippen LogP contribution < -0.4 is 5.32 Å². The van der Waals surface area contributed by atoms with E-state index in [9.17, 15) is 9.18 Å². The first-order valence-electron chi connectivity index (χ1n) is 7.30. The van der Waals surface area contributed by atoms with E-state index in [1.54, 1.807) is 6.07 Å². The molecule has 2 aromatic heterocycles. The number of fused-ring (bicyclic) bond motifs is 3. The second kappa shape index (κ2) is 5.38. The van der Waals surface area contributed by atoms with Gasteiger partial charge in [0.25, 0.3) is 11.9 Å². The topological polar surface area (TPSA) is 83.6 Å². The number of aromatic amines is 1. The highest BCUT2D eigenvalue weighted by atomic mass is 19.1. The van der Waals surface area contributed by atoms with Crippen LogP contribution in [0.2, 0.25) is 0 Å². The zero-order valence-corrected chi connectivity index (χ0v) is 12.7. The highest BCUT2D eigenvalue weighted by molar-refractivity contribution is 6.05. The lowest BCUT2D eigenvalue weighted by molar-refractivity contribution is 0.102. The van der Waals surface area contributed by atoms with Gasteiger partial charge >= 0.3 is 0 Å². The van der Waals surface area contributed by atoms with E-state index in [0.717, 1.165) is 16.5 Å². The summed E-state index contributed by atoms with van der Waals surface area (Å²) in [5.41, 5.74) is 3.04. The Balaban J connectivity index is 1.72. The minimum atomic E-state index is -0.624. The van der Waals surface area contributed by atoms with Gasteiger partial charge in [0, 0.05) is 10.9 Å². The highest BCUT2D eigenvalue weighted by Gasteiger charge is 2.14. The van der Waals surface area contributed by atoms with E-state index >= 15 is 0 Å². The summed E-state index contributed by atoms with van der Waals surface area (Å²) >= 11 is 0. The van der Waals surface area contributed by atoms with E-state index in [1.807, 2.05) is 25.1 Å². The van der Waals surface area contributed by atoms with Crippen molar-refractivity contribution < 1.29 is 9.18 Å². The van der Waals surface area contributed by atoms with E-state index in [-0.39, 0.29) is 11.5 Å². The number of H-pyrrole nitrogens is 1. The van der Waals surface area contributed by atoms with Crippen molar-refractivity contribution in [3.8, 4) is 0 Å². The SMILES string of the molecule is Cc1ccc2[nH]c3nc(NC(=O)c4ccccc4F)nnc3c2c1. The van der Waals surface area contributed by atoms with Gasteiger partial charge in [-0.1, -0.05) is 23.8 Å². The van der Waals surface area contributed by atoms with Gasteiger partial charge in [0.1, 0.15) is 11.3 Å². The van der Waals surface area contributed by atoms with Gasteiger partial charge in [0.05, 0.1) is 5.56 Å². The van der Waals surface area contributed by atoms with Crippen LogP contribution >= 0.6 is 0 Å². The van der Waals surface area contributed by atoms with Crippen LogP contribution in [0.5, 0.6) is 0 Å². The number of carbonyl (C=O) groups is 1. The number of carbonyl (C=O) groups excluding carboxylic acids is 1. The normalized spacial score (nSPS) is 11.1. The van der Waals surface area contributed by atoms with Crippen molar-refractivity contribution in [2.75, 3.05) is 5.32 Å². The van der Waals surface area contributed by atoms with Crippen molar-refractivity contribution >= 4 is 33.9 Å². The molecule has 24 heavy (non-hydrogen) atoms. The molecule has 1 amide bonds. The summed E-state index contributed by atoms with van der Waals surface area (Å²) in [6.45, 7) is 1.99. The van der Waals surface area contributed by atoms with Crippen LogP contribution in [0.15, 0.2) is 42.5 Å². The number of anilines is 1. The molecule has 0 aliphatic heterocycles. The van der Waals surface area contributed by atoms with Crippen LogP contribution in [-0.4, -0.2) is 26.1 Å². The summed E-state index contributed by atoms with van der Waals surface area (Å²) < 4.78 is 13.6. The molecule has 4 rings (SSSR count). The quantitative estimate of drug-likeness (QED) is 0.594. The molecule has 0 spiro atoms. The van der Waals surface area contributed by atoms with E-state index in [2.05, 4.69) is 25.5 Å². The van der Waals surface area contributed by atoms with Gasteiger partial charge < -0.3 is 4.98 Å². The largest absolute Gasteiger partial charge is 0.338 e. The summed E-state index contributed by atoms with van der Waals surface area (Å²) in [6.07, 6.45) is 0. The molecule has 0 aliphatic rings. The molecule has 4 aromatic rings. The fourth-order valence-corrected chi connectivity index (χ4v) is 2.55. The molecule has 0 atom stereocenters. The Bertz CT molecular complexity index is 1090. The van der Waals surface area contributed by atoms with Gasteiger partial charge in [-0.05, 0) is 31.2 Å². The minimum Gasteiger partial charge on any atom is -0.338 e. The van der Waals surface area contributed by atoms with Crippen molar-refractivity contribution in [2.24, 2.45) is 0 Å². The number of aryl methyl sites for hydroxylation is 1. The molecule has 0 saturated carbocycles. The number of amides is 1. The Hall–Kier alpha value is -3.35. The van der Waals surface area contributed by atoms with Crippen LogP contribution in [0.4, 0.5) is 10.3 Å². The van der Waals surface area contributed by atoms with Crippen molar-refractivity contribution in [2.45, 2.75) is 6.92 Å². The summed E-state index contributed by atoms with van der Waals surface area (Å²) in [4.78, 5) is 19.5. The first-order valence-corrected chi connectivity index (χ1v) is 7.30. The third-order valence-corrected chi connectivity index (χ3v) is 3.71. The van der Waals surface area contributed by atoms with E-state index in [0.29, 0.717) is 11.2 Å². The molecule has 0 saturated heterocycles. The molecular formula is C17H12FN5O. The lowest BCUT2D eigenvalue weighted by Crippen LogP contribution is -2.16. The molecule has 0 bridgehead atoms. The summed E-state index contributed by atoms with van der Waals surface area (Å²) in [7, 11) is 0. The second-order valence-corrected chi connectivity index (χ2v) is 5.44. The average Bonchev–Trinajstić information content (AvgIpc) is 2.92. The number of hydrogen-bond donors (Lipinski definition) is 2. The molecule has 0 fully saturated rings. The van der Waals surface area contributed by atoms with E-state index < -0.39 is 11.7 Å². The van der Waals surface area contributed by atoms with Gasteiger partial charge in [0.2, 0.25) is 0 Å². The van der Waals surface area contributed by atoms with Crippen LogP contribution in [0, 0.1) is 12.7 Å². The number of benzene rings is 2. The fraction of sp³-hybridized carbons (Fsp3) is 0.0588. The van der Waals surface area contributed by atoms with Crippen molar-refractivity contribution in [3.63, 3.8) is 0 Å². The summed E-state index contributed by atoms with van der Waals surface area (Å²) in [5.74, 6) is -1.22. The highest BCUT2D eigenvalue weighted by Crippen LogP contribution is 2.23. The summed E-state index contributed by atoms with van der Waals surface area (Å²) in [6, 6.07) is 11.6. The third kappa shape index (κ3) is 2.36. The zero-order chi connectivity index (χ0) is 16.7. The fourth-order valence-electron chi connectivity index (χ4n) is 2.55. The van der Waals surface area contributed by atoms with Gasteiger partial charge in [0.15, 0.2) is 5.65 Å². The maximum Gasteiger partial charge on any atom is 0.261 e. The molecule has 118 valence electrons. The predicted octanol–water partition coefficient (Wildman–Crippen LogP) is 3.21. The number of aromatic nitrogens is 4. The molecule has 2 aromatic carbocycles. The zero-order valence-electron chi connectivity index (χ0n) is 12.7. The number of nitrogens with zero attached hydrogens (tertiary/aromatic N) is 3. The molecule has 2 heterocycles. The lowest BCUT2D eigenvalue weighted by atomic mass is 10.2. The second-order valence-electron chi connectivity index (χ2n) is 5.44. The molecule has 7 heteroatoms. The Kier molecular flexibility index (Phi) is 3.19. The van der Waals surface area contributed by atoms with Crippen molar-refractivity contribution in [3.05, 3.63) is 59.4 Å². The van der Waals surface area contributed by atoms with Crippen LogP contribution in [0.3, 0.4) is 0 Å². The number of hydrogen-bond acceptors (Lipinski definition) is 4. The third-order valence-electron chi connectivity index (χ3n) is 3.71. The number of nitrogens with one attached hydrogen (secondary N) is 2. The average molecular weight is 321 g/mol. The minimum absolute atomic E-state index is 0.0130. The molecule has 2 N–H and O–H groups in total. The van der Waals surface area contributed by atoms with Crippen molar-refractivity contribution in [1.82, 2.24) is 20.2 Å². The van der Waals surface area contributed by atoms with Gasteiger partial charge in [-0.15, -0.1) is 10.2 Å². The summed E-state index contributed by atoms with van der Waals surface area (Å²) in [5, 5.41) is 11.4. The molecule has 6 nitrogen and oxygen atoms in total. The first kappa shape index (κ1) is 14.3. The molecule has 0 aliphatic carbocycles.